The minimum absolute atomic E-state index is 0.0257. The van der Waals surface area contributed by atoms with Crippen LogP contribution in [0.15, 0.2) is 12.1 Å². The Kier molecular flexibility index (Phi) is 5.14. The number of halogens is 3. The number of methoxy groups -OCH3 is 2. The van der Waals surface area contributed by atoms with E-state index in [2.05, 4.69) is 9.97 Å². The van der Waals surface area contributed by atoms with Crippen LogP contribution in [0.25, 0.3) is 0 Å². The number of rotatable bonds is 4. The summed E-state index contributed by atoms with van der Waals surface area (Å²) in [6.45, 7) is 1.97. The van der Waals surface area contributed by atoms with Gasteiger partial charge in [0.2, 0.25) is 5.28 Å². The molecule has 0 radical (unpaired) electrons. The molecule has 1 heterocycles. The maximum Gasteiger partial charge on any atom is 0.225 e. The molecule has 21 heavy (non-hydrogen) atoms. The van der Waals surface area contributed by atoms with E-state index < -0.39 is 0 Å². The number of hydrogen-bond donors (Lipinski definition) is 0. The molecule has 0 bridgehead atoms. The van der Waals surface area contributed by atoms with Gasteiger partial charge in [-0.2, -0.15) is 0 Å². The zero-order valence-corrected chi connectivity index (χ0v) is 14.0. The van der Waals surface area contributed by atoms with Gasteiger partial charge in [-0.1, -0.05) is 23.2 Å². The molecule has 0 atom stereocenters. The summed E-state index contributed by atoms with van der Waals surface area (Å²) in [4.78, 5) is 7.83. The highest BCUT2D eigenvalue weighted by atomic mass is 35.5. The molecule has 112 valence electrons. The fraction of sp³-hybridized carbons (Fsp3) is 0.286. The molecule has 0 aliphatic heterocycles. The minimum Gasteiger partial charge on any atom is -0.493 e. The van der Waals surface area contributed by atoms with Gasteiger partial charge in [0, 0.05) is 12.0 Å². The van der Waals surface area contributed by atoms with Crippen molar-refractivity contribution in [1.29, 1.82) is 0 Å². The van der Waals surface area contributed by atoms with Crippen LogP contribution in [-0.2, 0) is 6.42 Å². The molecule has 0 saturated heterocycles. The average Bonchev–Trinajstić information content (AvgIpc) is 2.43. The summed E-state index contributed by atoms with van der Waals surface area (Å²) < 4.78 is 10.6. The van der Waals surface area contributed by atoms with Crippen molar-refractivity contribution in [3.8, 4) is 11.5 Å². The third kappa shape index (κ3) is 3.51. The predicted octanol–water partition coefficient (Wildman–Crippen LogP) is 4.35. The number of nitrogens with zero attached hydrogens (tertiary/aromatic N) is 2. The maximum absolute atomic E-state index is 6.09. The summed E-state index contributed by atoms with van der Waals surface area (Å²) in [5, 5.41) is 0.515. The highest BCUT2D eigenvalue weighted by Gasteiger charge is 2.15. The summed E-state index contributed by atoms with van der Waals surface area (Å²) in [6.07, 6.45) is 0.473. The van der Waals surface area contributed by atoms with Crippen LogP contribution in [0.2, 0.25) is 15.6 Å². The minimum atomic E-state index is 0.0257. The molecule has 0 aliphatic carbocycles. The van der Waals surface area contributed by atoms with Crippen molar-refractivity contribution in [3.05, 3.63) is 44.4 Å². The van der Waals surface area contributed by atoms with Gasteiger partial charge in [-0.25, -0.2) is 9.97 Å². The Morgan fingerprint density at radius 2 is 1.48 bits per heavy atom. The Morgan fingerprint density at radius 1 is 0.952 bits per heavy atom. The molecule has 1 aromatic carbocycles. The van der Waals surface area contributed by atoms with E-state index in [1.165, 1.54) is 0 Å². The van der Waals surface area contributed by atoms with Crippen LogP contribution in [0.1, 0.15) is 16.7 Å². The maximum atomic E-state index is 6.09. The first-order chi connectivity index (χ1) is 9.96. The molecule has 2 rings (SSSR count). The average molecular weight is 348 g/mol. The second-order valence-corrected chi connectivity index (χ2v) is 5.42. The molecule has 0 amide bonds. The van der Waals surface area contributed by atoms with Crippen molar-refractivity contribution in [1.82, 2.24) is 9.97 Å². The van der Waals surface area contributed by atoms with E-state index in [-0.39, 0.29) is 15.6 Å². The lowest BCUT2D eigenvalue weighted by Crippen LogP contribution is -2.00. The fourth-order valence-electron chi connectivity index (χ4n) is 1.96. The van der Waals surface area contributed by atoms with Crippen molar-refractivity contribution in [2.24, 2.45) is 0 Å². The second-order valence-electron chi connectivity index (χ2n) is 4.36. The quantitative estimate of drug-likeness (QED) is 0.609. The van der Waals surface area contributed by atoms with Gasteiger partial charge >= 0.3 is 0 Å². The Bertz CT molecular complexity index is 655. The van der Waals surface area contributed by atoms with E-state index in [0.717, 1.165) is 11.1 Å². The molecule has 0 spiro atoms. The SMILES string of the molecule is COc1cc(C)c(Cc2c(Cl)nc(Cl)nc2Cl)cc1OC. The summed E-state index contributed by atoms with van der Waals surface area (Å²) in [6, 6.07) is 3.78. The van der Waals surface area contributed by atoms with Gasteiger partial charge in [0.05, 0.1) is 14.2 Å². The number of aromatic nitrogens is 2. The summed E-state index contributed by atoms with van der Waals surface area (Å²) in [7, 11) is 3.18. The third-order valence-corrected chi connectivity index (χ3v) is 3.88. The molecule has 4 nitrogen and oxygen atoms in total. The Hall–Kier alpha value is -1.23. The number of ether oxygens (including phenoxy) is 2. The lowest BCUT2D eigenvalue weighted by atomic mass is 10.0. The highest BCUT2D eigenvalue weighted by Crippen LogP contribution is 2.33. The van der Waals surface area contributed by atoms with Crippen molar-refractivity contribution >= 4 is 34.8 Å². The largest absolute Gasteiger partial charge is 0.493 e. The van der Waals surface area contributed by atoms with Gasteiger partial charge in [0.25, 0.3) is 0 Å². The molecular formula is C14H13Cl3N2O2. The van der Waals surface area contributed by atoms with Crippen LogP contribution in [0.5, 0.6) is 11.5 Å². The second kappa shape index (κ2) is 6.69. The van der Waals surface area contributed by atoms with E-state index in [1.807, 2.05) is 19.1 Å². The first-order valence-corrected chi connectivity index (χ1v) is 7.18. The van der Waals surface area contributed by atoms with Gasteiger partial charge in [-0.05, 0) is 41.8 Å². The molecule has 0 saturated carbocycles. The normalized spacial score (nSPS) is 10.6. The predicted molar refractivity (Wildman–Crippen MR) is 84.2 cm³/mol. The number of benzene rings is 1. The Morgan fingerprint density at radius 3 is 2.00 bits per heavy atom. The number of hydrogen-bond acceptors (Lipinski definition) is 4. The monoisotopic (exact) mass is 346 g/mol. The lowest BCUT2D eigenvalue weighted by Gasteiger charge is -2.13. The smallest absolute Gasteiger partial charge is 0.225 e. The fourth-order valence-corrected chi connectivity index (χ4v) is 2.73. The molecule has 1 aromatic heterocycles. The van der Waals surface area contributed by atoms with Crippen molar-refractivity contribution in [2.45, 2.75) is 13.3 Å². The zero-order valence-electron chi connectivity index (χ0n) is 11.7. The van der Waals surface area contributed by atoms with Gasteiger partial charge in [0.15, 0.2) is 11.5 Å². The lowest BCUT2D eigenvalue weighted by molar-refractivity contribution is 0.354. The first-order valence-electron chi connectivity index (χ1n) is 6.05. The summed E-state index contributed by atoms with van der Waals surface area (Å²) in [5.74, 6) is 1.31. The highest BCUT2D eigenvalue weighted by molar-refractivity contribution is 6.36. The van der Waals surface area contributed by atoms with E-state index in [4.69, 9.17) is 44.3 Å². The van der Waals surface area contributed by atoms with Gasteiger partial charge in [-0.15, -0.1) is 0 Å². The van der Waals surface area contributed by atoms with Gasteiger partial charge in [-0.3, -0.25) is 0 Å². The molecule has 7 heteroatoms. The standard InChI is InChI=1S/C14H13Cl3N2O2/c1-7-4-10(20-2)11(21-3)6-8(7)5-9-12(15)18-14(17)19-13(9)16/h4,6H,5H2,1-3H3. The third-order valence-electron chi connectivity index (χ3n) is 3.09. The van der Waals surface area contributed by atoms with Crippen molar-refractivity contribution in [3.63, 3.8) is 0 Å². The molecule has 2 aromatic rings. The van der Waals surface area contributed by atoms with Crippen molar-refractivity contribution < 1.29 is 9.47 Å². The van der Waals surface area contributed by atoms with Crippen LogP contribution in [0, 0.1) is 6.92 Å². The van der Waals surface area contributed by atoms with Gasteiger partial charge in [0.1, 0.15) is 10.3 Å². The van der Waals surface area contributed by atoms with E-state index in [1.54, 1.807) is 14.2 Å². The molecule has 0 aliphatic rings. The van der Waals surface area contributed by atoms with Gasteiger partial charge < -0.3 is 9.47 Å². The Balaban J connectivity index is 2.45. The molecule has 0 unspecified atom stereocenters. The first kappa shape index (κ1) is 16.1. The van der Waals surface area contributed by atoms with Crippen molar-refractivity contribution in [2.75, 3.05) is 14.2 Å². The molecule has 0 fully saturated rings. The Labute approximate surface area is 138 Å². The van der Waals surface area contributed by atoms with Crippen LogP contribution in [-0.4, -0.2) is 24.2 Å². The summed E-state index contributed by atoms with van der Waals surface area (Å²) >= 11 is 17.9. The van der Waals surface area contributed by atoms with E-state index >= 15 is 0 Å². The van der Waals surface area contributed by atoms with Crippen LogP contribution >= 0.6 is 34.8 Å². The molecule has 0 N–H and O–H groups in total. The molecular weight excluding hydrogens is 335 g/mol. The van der Waals surface area contributed by atoms with E-state index in [9.17, 15) is 0 Å². The van der Waals surface area contributed by atoms with Crippen LogP contribution in [0.4, 0.5) is 0 Å². The zero-order chi connectivity index (χ0) is 15.6. The van der Waals surface area contributed by atoms with E-state index in [0.29, 0.717) is 23.5 Å². The van der Waals surface area contributed by atoms with Crippen LogP contribution < -0.4 is 9.47 Å². The van der Waals surface area contributed by atoms with Crippen LogP contribution in [0.3, 0.4) is 0 Å². The number of aryl methyl sites for hydroxylation is 1. The topological polar surface area (TPSA) is 44.2 Å². The summed E-state index contributed by atoms with van der Waals surface area (Å²) in [5.41, 5.74) is 2.63.